The van der Waals surface area contributed by atoms with Gasteiger partial charge in [0.15, 0.2) is 16.0 Å². The van der Waals surface area contributed by atoms with Crippen molar-refractivity contribution in [2.75, 3.05) is 11.1 Å². The number of nitrogens with one attached hydrogen (secondary N) is 1. The first-order valence-corrected chi connectivity index (χ1v) is 12.8. The lowest BCUT2D eigenvalue weighted by Gasteiger charge is -2.10. The maximum Gasteiger partial charge on any atom is 0.236 e. The van der Waals surface area contributed by atoms with Crippen LogP contribution in [-0.2, 0) is 11.2 Å². The van der Waals surface area contributed by atoms with Crippen molar-refractivity contribution in [2.45, 2.75) is 25.4 Å². The molecule has 5 aromatic rings. The van der Waals surface area contributed by atoms with Gasteiger partial charge >= 0.3 is 0 Å². The highest BCUT2D eigenvalue weighted by atomic mass is 32.2. The number of thioether (sulfide) groups is 1. The highest BCUT2D eigenvalue weighted by molar-refractivity contribution is 7.99. The standard InChI is InChI=1S/C26H23N5O2S2/c1-17-6-3-8-19(12-17)14-21-15-27-25(35-21)28-23(32)16-34-26-30-29-24(22-10-5-11-33-22)31(26)20-9-4-7-18(2)13-20/h3-13,15H,14,16H2,1-2H3,(H,27,28,32). The van der Waals surface area contributed by atoms with Crippen LogP contribution in [0, 0.1) is 13.8 Å². The predicted molar refractivity (Wildman–Crippen MR) is 139 cm³/mol. The highest BCUT2D eigenvalue weighted by Crippen LogP contribution is 2.29. The molecule has 0 saturated heterocycles. The molecule has 0 bridgehead atoms. The van der Waals surface area contributed by atoms with Crippen LogP contribution in [0.3, 0.4) is 0 Å². The fraction of sp³-hybridized carbons (Fsp3) is 0.154. The van der Waals surface area contributed by atoms with E-state index >= 15 is 0 Å². The van der Waals surface area contributed by atoms with E-state index in [2.05, 4.69) is 51.7 Å². The highest BCUT2D eigenvalue weighted by Gasteiger charge is 2.19. The van der Waals surface area contributed by atoms with Crippen LogP contribution < -0.4 is 5.32 Å². The van der Waals surface area contributed by atoms with Crippen molar-refractivity contribution in [1.29, 1.82) is 0 Å². The van der Waals surface area contributed by atoms with E-state index in [1.54, 1.807) is 6.26 Å². The van der Waals surface area contributed by atoms with Crippen molar-refractivity contribution in [2.24, 2.45) is 0 Å². The van der Waals surface area contributed by atoms with Crippen LogP contribution >= 0.6 is 23.1 Å². The number of nitrogens with zero attached hydrogens (tertiary/aromatic N) is 4. The van der Waals surface area contributed by atoms with E-state index in [9.17, 15) is 4.79 Å². The molecule has 0 aliphatic carbocycles. The molecule has 0 spiro atoms. The Balaban J connectivity index is 1.28. The number of thiazole rings is 1. The molecule has 5 rings (SSSR count). The number of carbonyl (C=O) groups is 1. The predicted octanol–water partition coefficient (Wildman–Crippen LogP) is 5.92. The van der Waals surface area contributed by atoms with Gasteiger partial charge in [-0.05, 0) is 49.2 Å². The number of benzene rings is 2. The molecule has 0 saturated carbocycles. The van der Waals surface area contributed by atoms with Gasteiger partial charge in [-0.25, -0.2) is 4.98 Å². The molecule has 2 aromatic carbocycles. The number of furan rings is 1. The smallest absolute Gasteiger partial charge is 0.236 e. The van der Waals surface area contributed by atoms with E-state index in [0.717, 1.165) is 22.5 Å². The first-order valence-electron chi connectivity index (χ1n) is 11.0. The zero-order valence-electron chi connectivity index (χ0n) is 19.3. The van der Waals surface area contributed by atoms with Gasteiger partial charge in [0.2, 0.25) is 11.7 Å². The number of rotatable bonds is 8. The summed E-state index contributed by atoms with van der Waals surface area (Å²) in [4.78, 5) is 18.2. The van der Waals surface area contributed by atoms with E-state index < -0.39 is 0 Å². The molecule has 0 atom stereocenters. The first kappa shape index (κ1) is 23.1. The summed E-state index contributed by atoms with van der Waals surface area (Å²) in [5, 5.41) is 12.8. The SMILES string of the molecule is Cc1cccc(Cc2cnc(NC(=O)CSc3nnc(-c4ccco4)n3-c3cccc(C)c3)s2)c1. The molecule has 3 heterocycles. The van der Waals surface area contributed by atoms with Gasteiger partial charge in [0.05, 0.1) is 17.7 Å². The zero-order chi connectivity index (χ0) is 24.2. The van der Waals surface area contributed by atoms with Gasteiger partial charge < -0.3 is 9.73 Å². The Hall–Kier alpha value is -3.69. The molecular formula is C26H23N5O2S2. The third-order valence-electron chi connectivity index (χ3n) is 5.23. The largest absolute Gasteiger partial charge is 0.461 e. The van der Waals surface area contributed by atoms with Crippen LogP contribution in [0.2, 0.25) is 0 Å². The minimum atomic E-state index is -0.148. The summed E-state index contributed by atoms with van der Waals surface area (Å²) >= 11 is 2.81. The summed E-state index contributed by atoms with van der Waals surface area (Å²) in [6.45, 7) is 4.11. The van der Waals surface area contributed by atoms with Crippen molar-refractivity contribution < 1.29 is 9.21 Å². The lowest BCUT2D eigenvalue weighted by Crippen LogP contribution is -2.14. The summed E-state index contributed by atoms with van der Waals surface area (Å²) in [5.41, 5.74) is 4.47. The normalized spacial score (nSPS) is 11.0. The molecule has 9 heteroatoms. The maximum absolute atomic E-state index is 12.7. The Kier molecular flexibility index (Phi) is 6.78. The van der Waals surface area contributed by atoms with Crippen LogP contribution in [-0.4, -0.2) is 31.4 Å². The van der Waals surface area contributed by atoms with Gasteiger partial charge in [0, 0.05) is 17.5 Å². The summed E-state index contributed by atoms with van der Waals surface area (Å²) in [5.74, 6) is 1.22. The topological polar surface area (TPSA) is 85.8 Å². The Morgan fingerprint density at radius 3 is 2.66 bits per heavy atom. The average Bonchev–Trinajstić information content (AvgIpc) is 3.59. The van der Waals surface area contributed by atoms with E-state index in [-0.39, 0.29) is 11.7 Å². The molecule has 7 nitrogen and oxygen atoms in total. The summed E-state index contributed by atoms with van der Waals surface area (Å²) in [6, 6.07) is 20.1. The number of carbonyl (C=O) groups excluding carboxylic acids is 1. The third kappa shape index (κ3) is 5.52. The Labute approximate surface area is 211 Å². The van der Waals surface area contributed by atoms with Crippen molar-refractivity contribution in [1.82, 2.24) is 19.7 Å². The van der Waals surface area contributed by atoms with Crippen LogP contribution in [0.4, 0.5) is 5.13 Å². The third-order valence-corrected chi connectivity index (χ3v) is 7.07. The maximum atomic E-state index is 12.7. The number of amides is 1. The second-order valence-electron chi connectivity index (χ2n) is 8.09. The second-order valence-corrected chi connectivity index (χ2v) is 10.2. The summed E-state index contributed by atoms with van der Waals surface area (Å²) < 4.78 is 7.47. The molecule has 0 unspecified atom stereocenters. The molecule has 0 radical (unpaired) electrons. The summed E-state index contributed by atoms with van der Waals surface area (Å²) in [7, 11) is 0. The second kappa shape index (κ2) is 10.3. The number of hydrogen-bond acceptors (Lipinski definition) is 7. The quantitative estimate of drug-likeness (QED) is 0.266. The Morgan fingerprint density at radius 2 is 1.89 bits per heavy atom. The number of aryl methyl sites for hydroxylation is 2. The Morgan fingerprint density at radius 1 is 1.06 bits per heavy atom. The molecule has 35 heavy (non-hydrogen) atoms. The minimum absolute atomic E-state index is 0.148. The fourth-order valence-electron chi connectivity index (χ4n) is 3.68. The molecule has 1 N–H and O–H groups in total. The average molecular weight is 502 g/mol. The minimum Gasteiger partial charge on any atom is -0.461 e. The molecule has 3 aromatic heterocycles. The summed E-state index contributed by atoms with van der Waals surface area (Å²) in [6.07, 6.45) is 4.21. The van der Waals surface area contributed by atoms with Crippen LogP contribution in [0.5, 0.6) is 0 Å². The molecular weight excluding hydrogens is 478 g/mol. The van der Waals surface area contributed by atoms with Gasteiger partial charge in [-0.2, -0.15) is 0 Å². The van der Waals surface area contributed by atoms with E-state index in [4.69, 9.17) is 4.42 Å². The number of anilines is 1. The molecule has 0 aliphatic rings. The lowest BCUT2D eigenvalue weighted by molar-refractivity contribution is -0.113. The monoisotopic (exact) mass is 501 g/mol. The van der Waals surface area contributed by atoms with Crippen LogP contribution in [0.15, 0.2) is 82.7 Å². The molecule has 0 fully saturated rings. The van der Waals surface area contributed by atoms with Gasteiger partial charge in [-0.15, -0.1) is 21.5 Å². The van der Waals surface area contributed by atoms with E-state index in [1.807, 2.05) is 54.1 Å². The van der Waals surface area contributed by atoms with Gasteiger partial charge in [0.25, 0.3) is 0 Å². The van der Waals surface area contributed by atoms with Gasteiger partial charge in [0.1, 0.15) is 0 Å². The Bertz CT molecular complexity index is 1460. The van der Waals surface area contributed by atoms with Crippen LogP contribution in [0.25, 0.3) is 17.3 Å². The van der Waals surface area contributed by atoms with Crippen molar-refractivity contribution >= 4 is 34.1 Å². The van der Waals surface area contributed by atoms with Gasteiger partial charge in [-0.1, -0.05) is 53.7 Å². The van der Waals surface area contributed by atoms with Crippen molar-refractivity contribution in [3.8, 4) is 17.3 Å². The lowest BCUT2D eigenvalue weighted by atomic mass is 10.1. The number of aromatic nitrogens is 4. The fourth-order valence-corrected chi connectivity index (χ4v) is 5.30. The first-order chi connectivity index (χ1) is 17.0. The molecule has 176 valence electrons. The molecule has 1 amide bonds. The van der Waals surface area contributed by atoms with E-state index in [1.165, 1.54) is 34.2 Å². The zero-order valence-corrected chi connectivity index (χ0v) is 20.9. The van der Waals surface area contributed by atoms with Crippen molar-refractivity contribution in [3.63, 3.8) is 0 Å². The van der Waals surface area contributed by atoms with Gasteiger partial charge in [-0.3, -0.25) is 9.36 Å². The van der Waals surface area contributed by atoms with Crippen molar-refractivity contribution in [3.05, 3.63) is 94.7 Å². The van der Waals surface area contributed by atoms with Crippen LogP contribution in [0.1, 0.15) is 21.6 Å². The van der Waals surface area contributed by atoms with E-state index in [0.29, 0.717) is 21.9 Å². The number of hydrogen-bond donors (Lipinski definition) is 1. The molecule has 0 aliphatic heterocycles.